The van der Waals surface area contributed by atoms with Crippen molar-refractivity contribution in [3.05, 3.63) is 35.9 Å². The Morgan fingerprint density at radius 2 is 2.05 bits per heavy atom. The van der Waals surface area contributed by atoms with Crippen molar-refractivity contribution in [2.45, 2.75) is 26.3 Å². The second-order valence-corrected chi connectivity index (χ2v) is 5.37. The van der Waals surface area contributed by atoms with Crippen LogP contribution in [0.1, 0.15) is 31.9 Å². The van der Waals surface area contributed by atoms with Crippen LogP contribution in [0.3, 0.4) is 0 Å². The number of benzene rings is 1. The van der Waals surface area contributed by atoms with Crippen molar-refractivity contribution in [2.24, 2.45) is 4.99 Å². The van der Waals surface area contributed by atoms with Crippen molar-refractivity contribution < 1.29 is 0 Å². The minimum absolute atomic E-state index is 0.263. The predicted octanol–water partition coefficient (Wildman–Crippen LogP) is 3.06. The van der Waals surface area contributed by atoms with Crippen LogP contribution in [-0.4, -0.2) is 31.1 Å². The molecule has 0 aliphatic rings. The van der Waals surface area contributed by atoms with Crippen LogP contribution in [0.4, 0.5) is 0 Å². The molecular formula is C15H25N3S. The second kappa shape index (κ2) is 9.73. The van der Waals surface area contributed by atoms with Crippen molar-refractivity contribution in [1.82, 2.24) is 10.6 Å². The number of hydrogen-bond donors (Lipinski definition) is 2. The summed E-state index contributed by atoms with van der Waals surface area (Å²) in [6.07, 6.45) is 3.25. The van der Waals surface area contributed by atoms with Crippen LogP contribution in [0.25, 0.3) is 0 Å². The third-order valence-corrected chi connectivity index (χ3v) is 3.47. The van der Waals surface area contributed by atoms with Crippen LogP contribution >= 0.6 is 11.8 Å². The van der Waals surface area contributed by atoms with Gasteiger partial charge in [-0.1, -0.05) is 30.3 Å². The zero-order valence-electron chi connectivity index (χ0n) is 12.1. The van der Waals surface area contributed by atoms with Crippen molar-refractivity contribution in [2.75, 3.05) is 25.1 Å². The Morgan fingerprint density at radius 1 is 1.32 bits per heavy atom. The van der Waals surface area contributed by atoms with Crippen LogP contribution in [0.5, 0.6) is 0 Å². The molecular weight excluding hydrogens is 254 g/mol. The van der Waals surface area contributed by atoms with Crippen LogP contribution in [0, 0.1) is 0 Å². The fourth-order valence-corrected chi connectivity index (χ4v) is 2.17. The second-order valence-electron chi connectivity index (χ2n) is 4.38. The average molecular weight is 279 g/mol. The molecule has 0 heterocycles. The van der Waals surface area contributed by atoms with Crippen LogP contribution in [0.2, 0.25) is 0 Å². The third kappa shape index (κ3) is 6.53. The standard InChI is InChI=1S/C15H25N3S/c1-4-16-15(17-11-8-12-19-3)18-13(2)14-9-6-5-7-10-14/h5-7,9-10,13H,4,8,11-12H2,1-3H3,(H2,16,17,18). The molecule has 0 aromatic heterocycles. The smallest absolute Gasteiger partial charge is 0.191 e. The maximum absolute atomic E-state index is 4.60. The van der Waals surface area contributed by atoms with E-state index in [2.05, 4.69) is 60.0 Å². The van der Waals surface area contributed by atoms with Gasteiger partial charge in [0.25, 0.3) is 0 Å². The Labute approximate surface area is 121 Å². The summed E-state index contributed by atoms with van der Waals surface area (Å²) in [4.78, 5) is 4.60. The number of nitrogens with zero attached hydrogens (tertiary/aromatic N) is 1. The molecule has 1 aromatic carbocycles. The topological polar surface area (TPSA) is 36.4 Å². The molecule has 0 aliphatic heterocycles. The minimum Gasteiger partial charge on any atom is -0.357 e. The Hall–Kier alpha value is -1.16. The minimum atomic E-state index is 0.263. The maximum atomic E-state index is 4.60. The van der Waals surface area contributed by atoms with Crippen molar-refractivity contribution in [3.63, 3.8) is 0 Å². The Kier molecular flexibility index (Phi) is 8.14. The summed E-state index contributed by atoms with van der Waals surface area (Å²) >= 11 is 1.87. The SMILES string of the molecule is CCNC(=NCCCSC)NC(C)c1ccccc1. The fraction of sp³-hybridized carbons (Fsp3) is 0.533. The van der Waals surface area contributed by atoms with Crippen LogP contribution in [-0.2, 0) is 0 Å². The predicted molar refractivity (Wildman–Crippen MR) is 87.0 cm³/mol. The van der Waals surface area contributed by atoms with Gasteiger partial charge in [0.1, 0.15) is 0 Å². The summed E-state index contributed by atoms with van der Waals surface area (Å²) in [6.45, 7) is 6.00. The molecule has 1 atom stereocenters. The largest absolute Gasteiger partial charge is 0.357 e. The van der Waals surface area contributed by atoms with Gasteiger partial charge in [0, 0.05) is 13.1 Å². The first-order chi connectivity index (χ1) is 9.27. The van der Waals surface area contributed by atoms with Gasteiger partial charge in [-0.15, -0.1) is 0 Å². The van der Waals surface area contributed by atoms with E-state index in [1.165, 1.54) is 5.56 Å². The van der Waals surface area contributed by atoms with Crippen LogP contribution in [0.15, 0.2) is 35.3 Å². The first-order valence-electron chi connectivity index (χ1n) is 6.86. The van der Waals surface area contributed by atoms with Gasteiger partial charge in [0.05, 0.1) is 6.04 Å². The van der Waals surface area contributed by atoms with E-state index in [1.807, 2.05) is 17.8 Å². The van der Waals surface area contributed by atoms with Gasteiger partial charge >= 0.3 is 0 Å². The molecule has 1 rings (SSSR count). The zero-order valence-corrected chi connectivity index (χ0v) is 13.0. The molecule has 0 spiro atoms. The lowest BCUT2D eigenvalue weighted by Gasteiger charge is -2.18. The summed E-state index contributed by atoms with van der Waals surface area (Å²) in [7, 11) is 0. The number of guanidine groups is 1. The fourth-order valence-electron chi connectivity index (χ4n) is 1.75. The number of thioether (sulfide) groups is 1. The van der Waals surface area contributed by atoms with Gasteiger partial charge in [0.2, 0.25) is 0 Å². The molecule has 1 unspecified atom stereocenters. The monoisotopic (exact) mass is 279 g/mol. The summed E-state index contributed by atoms with van der Waals surface area (Å²) in [6, 6.07) is 10.7. The molecule has 0 amide bonds. The first kappa shape index (κ1) is 15.9. The summed E-state index contributed by atoms with van der Waals surface area (Å²) in [5.41, 5.74) is 1.28. The van der Waals surface area contributed by atoms with E-state index < -0.39 is 0 Å². The van der Waals surface area contributed by atoms with Crippen LogP contribution < -0.4 is 10.6 Å². The Bertz CT molecular complexity index is 365. The summed E-state index contributed by atoms with van der Waals surface area (Å²) in [5, 5.41) is 6.74. The molecule has 0 radical (unpaired) electrons. The summed E-state index contributed by atoms with van der Waals surface area (Å²) in [5.74, 6) is 2.07. The highest BCUT2D eigenvalue weighted by Gasteiger charge is 2.06. The van der Waals surface area contributed by atoms with E-state index in [-0.39, 0.29) is 6.04 Å². The zero-order chi connectivity index (χ0) is 13.9. The molecule has 1 aromatic rings. The maximum Gasteiger partial charge on any atom is 0.191 e. The van der Waals surface area contributed by atoms with Crippen molar-refractivity contribution in [1.29, 1.82) is 0 Å². The molecule has 0 bridgehead atoms. The van der Waals surface area contributed by atoms with Crippen molar-refractivity contribution >= 4 is 17.7 Å². The average Bonchev–Trinajstić information content (AvgIpc) is 2.44. The molecule has 106 valence electrons. The van der Waals surface area contributed by atoms with E-state index in [4.69, 9.17) is 0 Å². The van der Waals surface area contributed by atoms with Gasteiger partial charge in [-0.2, -0.15) is 11.8 Å². The number of aliphatic imine (C=N–C) groups is 1. The Balaban J connectivity index is 2.52. The lowest BCUT2D eigenvalue weighted by atomic mass is 10.1. The van der Waals surface area contributed by atoms with Crippen molar-refractivity contribution in [3.8, 4) is 0 Å². The van der Waals surface area contributed by atoms with E-state index >= 15 is 0 Å². The van der Waals surface area contributed by atoms with E-state index in [0.717, 1.165) is 31.2 Å². The Morgan fingerprint density at radius 3 is 2.68 bits per heavy atom. The quantitative estimate of drug-likeness (QED) is 0.457. The molecule has 4 heteroatoms. The van der Waals surface area contributed by atoms with E-state index in [0.29, 0.717) is 0 Å². The van der Waals surface area contributed by atoms with Gasteiger partial charge in [-0.25, -0.2) is 0 Å². The van der Waals surface area contributed by atoms with Gasteiger partial charge in [0.15, 0.2) is 5.96 Å². The van der Waals surface area contributed by atoms with Gasteiger partial charge < -0.3 is 10.6 Å². The lowest BCUT2D eigenvalue weighted by Crippen LogP contribution is -2.38. The highest BCUT2D eigenvalue weighted by atomic mass is 32.2. The van der Waals surface area contributed by atoms with E-state index in [1.54, 1.807) is 0 Å². The summed E-state index contributed by atoms with van der Waals surface area (Å²) < 4.78 is 0. The number of nitrogens with one attached hydrogen (secondary N) is 2. The van der Waals surface area contributed by atoms with Gasteiger partial charge in [-0.3, -0.25) is 4.99 Å². The number of hydrogen-bond acceptors (Lipinski definition) is 2. The highest BCUT2D eigenvalue weighted by molar-refractivity contribution is 7.98. The normalized spacial score (nSPS) is 13.1. The molecule has 0 saturated heterocycles. The lowest BCUT2D eigenvalue weighted by molar-refractivity contribution is 0.685. The third-order valence-electron chi connectivity index (χ3n) is 2.77. The highest BCUT2D eigenvalue weighted by Crippen LogP contribution is 2.10. The molecule has 2 N–H and O–H groups in total. The number of rotatable bonds is 7. The molecule has 3 nitrogen and oxygen atoms in total. The molecule has 0 aliphatic carbocycles. The van der Waals surface area contributed by atoms with Gasteiger partial charge in [-0.05, 0) is 37.8 Å². The molecule has 0 fully saturated rings. The molecule has 0 saturated carbocycles. The first-order valence-corrected chi connectivity index (χ1v) is 8.26. The van der Waals surface area contributed by atoms with E-state index in [9.17, 15) is 0 Å². The molecule has 19 heavy (non-hydrogen) atoms.